The zero-order chi connectivity index (χ0) is 13.5. The molecule has 0 aliphatic carbocycles. The van der Waals surface area contributed by atoms with Gasteiger partial charge in [0.15, 0.2) is 0 Å². The van der Waals surface area contributed by atoms with Crippen molar-refractivity contribution >= 4 is 29.3 Å². The van der Waals surface area contributed by atoms with Crippen molar-refractivity contribution in [3.63, 3.8) is 0 Å². The van der Waals surface area contributed by atoms with Crippen LogP contribution in [0.5, 0.6) is 0 Å². The van der Waals surface area contributed by atoms with Crippen LogP contribution >= 0.6 is 23.4 Å². The molecule has 4 heteroatoms. The summed E-state index contributed by atoms with van der Waals surface area (Å²) in [6, 6.07) is 7.96. The Morgan fingerprint density at radius 1 is 1.33 bits per heavy atom. The van der Waals surface area contributed by atoms with Crippen LogP contribution in [0.3, 0.4) is 0 Å². The van der Waals surface area contributed by atoms with Crippen molar-refractivity contribution in [2.75, 3.05) is 5.75 Å². The monoisotopic (exact) mass is 285 g/mol. The Hall–Kier alpha value is -0.670. The van der Waals surface area contributed by atoms with Crippen molar-refractivity contribution in [1.29, 1.82) is 0 Å². The van der Waals surface area contributed by atoms with Gasteiger partial charge in [-0.2, -0.15) is 0 Å². The molecular formula is C14H20ClNOS. The van der Waals surface area contributed by atoms with Gasteiger partial charge in [0.1, 0.15) is 0 Å². The number of amides is 1. The third-order valence-corrected chi connectivity index (χ3v) is 4.19. The van der Waals surface area contributed by atoms with Crippen molar-refractivity contribution in [2.45, 2.75) is 32.6 Å². The Balaban J connectivity index is 2.30. The molecule has 1 aromatic carbocycles. The summed E-state index contributed by atoms with van der Waals surface area (Å²) < 4.78 is 0. The number of carbonyl (C=O) groups is 1. The second-order valence-corrected chi connectivity index (χ2v) is 6.08. The average Bonchev–Trinajstić information content (AvgIpc) is 2.31. The molecule has 2 nitrogen and oxygen atoms in total. The van der Waals surface area contributed by atoms with Gasteiger partial charge in [-0.3, -0.25) is 4.79 Å². The minimum Gasteiger partial charge on any atom is -0.353 e. The minimum atomic E-state index is 0.0910. The molecule has 0 spiro atoms. The Bertz CT molecular complexity index is 395. The molecule has 1 rings (SSSR count). The number of hydrogen-bond acceptors (Lipinski definition) is 2. The van der Waals surface area contributed by atoms with Crippen molar-refractivity contribution < 1.29 is 4.79 Å². The number of carbonyl (C=O) groups excluding carboxylic acids is 1. The van der Waals surface area contributed by atoms with Gasteiger partial charge >= 0.3 is 0 Å². The highest BCUT2D eigenvalue weighted by Crippen LogP contribution is 2.20. The molecule has 18 heavy (non-hydrogen) atoms. The van der Waals surface area contributed by atoms with E-state index in [4.69, 9.17) is 11.6 Å². The zero-order valence-electron chi connectivity index (χ0n) is 11.1. The van der Waals surface area contributed by atoms with E-state index in [1.165, 1.54) is 0 Å². The van der Waals surface area contributed by atoms with Gasteiger partial charge in [-0.1, -0.05) is 43.6 Å². The van der Waals surface area contributed by atoms with E-state index in [0.29, 0.717) is 11.7 Å². The van der Waals surface area contributed by atoms with Gasteiger partial charge in [0.25, 0.3) is 0 Å². The molecule has 0 aliphatic rings. The molecule has 1 aromatic rings. The Morgan fingerprint density at radius 3 is 2.61 bits per heavy atom. The molecule has 100 valence electrons. The lowest BCUT2D eigenvalue weighted by Crippen LogP contribution is -2.37. The second-order valence-electron chi connectivity index (χ2n) is 4.68. The fourth-order valence-electron chi connectivity index (χ4n) is 1.33. The van der Waals surface area contributed by atoms with E-state index in [1.54, 1.807) is 11.8 Å². The molecule has 0 saturated heterocycles. The summed E-state index contributed by atoms with van der Waals surface area (Å²) in [4.78, 5) is 11.7. The Kier molecular flexibility index (Phi) is 6.58. The van der Waals surface area contributed by atoms with Crippen molar-refractivity contribution in [3.05, 3.63) is 34.9 Å². The van der Waals surface area contributed by atoms with Crippen LogP contribution in [0.4, 0.5) is 0 Å². The first-order valence-corrected chi connectivity index (χ1v) is 7.64. The minimum absolute atomic E-state index is 0.0910. The summed E-state index contributed by atoms with van der Waals surface area (Å²) in [6.07, 6.45) is 0. The van der Waals surface area contributed by atoms with Crippen molar-refractivity contribution in [2.24, 2.45) is 5.92 Å². The van der Waals surface area contributed by atoms with Gasteiger partial charge in [0, 0.05) is 16.8 Å². The molecule has 1 amide bonds. The molecule has 0 saturated carbocycles. The van der Waals surface area contributed by atoms with E-state index >= 15 is 0 Å². The van der Waals surface area contributed by atoms with Crippen LogP contribution in [0.15, 0.2) is 24.3 Å². The Labute approximate surface area is 118 Å². The van der Waals surface area contributed by atoms with Crippen molar-refractivity contribution in [1.82, 2.24) is 5.32 Å². The van der Waals surface area contributed by atoms with Crippen LogP contribution < -0.4 is 5.32 Å². The standard InChI is InChI=1S/C14H20ClNOS/c1-10(2)11(3)16-14(17)9-18-8-12-6-4-5-7-13(12)15/h4-7,10-11H,8-9H2,1-3H3,(H,16,17)/t11-/m1/s1. The van der Waals surface area contributed by atoms with Crippen LogP contribution in [0.2, 0.25) is 5.02 Å². The average molecular weight is 286 g/mol. The first kappa shape index (κ1) is 15.4. The predicted molar refractivity (Wildman–Crippen MR) is 80.1 cm³/mol. The SMILES string of the molecule is CC(C)[C@@H](C)NC(=O)CSCc1ccccc1Cl. The quantitative estimate of drug-likeness (QED) is 0.863. The number of benzene rings is 1. The molecule has 0 bridgehead atoms. The van der Waals surface area contributed by atoms with Gasteiger partial charge < -0.3 is 5.32 Å². The summed E-state index contributed by atoms with van der Waals surface area (Å²) in [5.74, 6) is 1.79. The van der Waals surface area contributed by atoms with Crippen LogP contribution in [-0.4, -0.2) is 17.7 Å². The maximum Gasteiger partial charge on any atom is 0.230 e. The van der Waals surface area contributed by atoms with Crippen LogP contribution in [0.25, 0.3) is 0 Å². The first-order chi connectivity index (χ1) is 8.50. The summed E-state index contributed by atoms with van der Waals surface area (Å²) >= 11 is 7.64. The number of rotatable bonds is 6. The van der Waals surface area contributed by atoms with Gasteiger partial charge in [-0.05, 0) is 24.5 Å². The van der Waals surface area contributed by atoms with E-state index in [2.05, 4.69) is 19.2 Å². The lowest BCUT2D eigenvalue weighted by Gasteiger charge is -2.17. The molecular weight excluding hydrogens is 266 g/mol. The van der Waals surface area contributed by atoms with Gasteiger partial charge in [-0.15, -0.1) is 11.8 Å². The molecule has 1 atom stereocenters. The van der Waals surface area contributed by atoms with E-state index in [1.807, 2.05) is 31.2 Å². The predicted octanol–water partition coefficient (Wildman–Crippen LogP) is 3.73. The summed E-state index contributed by atoms with van der Waals surface area (Å²) in [7, 11) is 0. The van der Waals surface area contributed by atoms with Crippen LogP contribution in [-0.2, 0) is 10.5 Å². The molecule has 0 radical (unpaired) electrons. The van der Waals surface area contributed by atoms with E-state index in [-0.39, 0.29) is 11.9 Å². The maximum atomic E-state index is 11.7. The number of halogens is 1. The normalized spacial score (nSPS) is 12.5. The van der Waals surface area contributed by atoms with Gasteiger partial charge in [0.2, 0.25) is 5.91 Å². The highest BCUT2D eigenvalue weighted by atomic mass is 35.5. The van der Waals surface area contributed by atoms with E-state index < -0.39 is 0 Å². The lowest BCUT2D eigenvalue weighted by molar-refractivity contribution is -0.119. The highest BCUT2D eigenvalue weighted by molar-refractivity contribution is 7.99. The van der Waals surface area contributed by atoms with E-state index in [0.717, 1.165) is 16.3 Å². The summed E-state index contributed by atoms with van der Waals surface area (Å²) in [5.41, 5.74) is 1.08. The molecule has 1 N–H and O–H groups in total. The highest BCUT2D eigenvalue weighted by Gasteiger charge is 2.10. The largest absolute Gasteiger partial charge is 0.353 e. The Morgan fingerprint density at radius 2 is 2.00 bits per heavy atom. The molecule has 0 unspecified atom stereocenters. The topological polar surface area (TPSA) is 29.1 Å². The molecule has 0 aliphatic heterocycles. The lowest BCUT2D eigenvalue weighted by atomic mass is 10.1. The van der Waals surface area contributed by atoms with Crippen molar-refractivity contribution in [3.8, 4) is 0 Å². The molecule has 0 fully saturated rings. The number of nitrogens with one attached hydrogen (secondary N) is 1. The van der Waals surface area contributed by atoms with Gasteiger partial charge in [-0.25, -0.2) is 0 Å². The van der Waals surface area contributed by atoms with Gasteiger partial charge in [0.05, 0.1) is 5.75 Å². The third kappa shape index (κ3) is 5.32. The summed E-state index contributed by atoms with van der Waals surface area (Å²) in [5, 5.41) is 3.75. The number of thioether (sulfide) groups is 1. The summed E-state index contributed by atoms with van der Waals surface area (Å²) in [6.45, 7) is 6.23. The van der Waals surface area contributed by atoms with Crippen LogP contribution in [0, 0.1) is 5.92 Å². The maximum absolute atomic E-state index is 11.7. The fourth-order valence-corrected chi connectivity index (χ4v) is 2.46. The van der Waals surface area contributed by atoms with E-state index in [9.17, 15) is 4.79 Å². The first-order valence-electron chi connectivity index (χ1n) is 6.11. The third-order valence-electron chi connectivity index (χ3n) is 2.84. The van der Waals surface area contributed by atoms with Crippen LogP contribution in [0.1, 0.15) is 26.3 Å². The molecule has 0 heterocycles. The zero-order valence-corrected chi connectivity index (χ0v) is 12.6. The number of hydrogen-bond donors (Lipinski definition) is 1. The molecule has 0 aromatic heterocycles. The fraction of sp³-hybridized carbons (Fsp3) is 0.500. The second kappa shape index (κ2) is 7.70. The smallest absolute Gasteiger partial charge is 0.230 e.